The number of aromatic nitrogens is 2. The molecule has 2 saturated heterocycles. The van der Waals surface area contributed by atoms with Gasteiger partial charge in [-0.1, -0.05) is 0 Å². The van der Waals surface area contributed by atoms with E-state index in [2.05, 4.69) is 9.88 Å². The van der Waals surface area contributed by atoms with Crippen LogP contribution in [0.5, 0.6) is 5.75 Å². The van der Waals surface area contributed by atoms with Crippen LogP contribution in [0.15, 0.2) is 39.9 Å². The second kappa shape index (κ2) is 8.81. The molecule has 5 rings (SSSR count). The van der Waals surface area contributed by atoms with Crippen LogP contribution in [0.4, 0.5) is 0 Å². The van der Waals surface area contributed by atoms with E-state index in [1.165, 1.54) is 10.6 Å². The number of sulfonamides is 1. The summed E-state index contributed by atoms with van der Waals surface area (Å²) in [7, 11) is -1.50. The van der Waals surface area contributed by atoms with Gasteiger partial charge in [-0.05, 0) is 19.1 Å². The van der Waals surface area contributed by atoms with Gasteiger partial charge in [0.05, 0.1) is 37.6 Å². The highest BCUT2D eigenvalue weighted by Crippen LogP contribution is 2.36. The lowest BCUT2D eigenvalue weighted by Crippen LogP contribution is -2.52. The average Bonchev–Trinajstić information content (AvgIpc) is 3.18. The fourth-order valence-electron chi connectivity index (χ4n) is 4.43. The summed E-state index contributed by atoms with van der Waals surface area (Å²) >= 11 is 0. The lowest BCUT2D eigenvalue weighted by molar-refractivity contribution is -0.0795. The van der Waals surface area contributed by atoms with Gasteiger partial charge in [0.1, 0.15) is 23.2 Å². The normalized spacial score (nSPS) is 20.5. The number of hydrogen-bond acceptors (Lipinski definition) is 8. The summed E-state index contributed by atoms with van der Waals surface area (Å²) in [4.78, 5) is 19.3. The quantitative estimate of drug-likeness (QED) is 0.513. The monoisotopic (exact) mass is 488 g/mol. The average molecular weight is 489 g/mol. The van der Waals surface area contributed by atoms with Crippen LogP contribution in [0.3, 0.4) is 0 Å². The van der Waals surface area contributed by atoms with E-state index in [-0.39, 0.29) is 17.7 Å². The molecule has 0 aliphatic carbocycles. The van der Waals surface area contributed by atoms with Gasteiger partial charge in [-0.3, -0.25) is 14.7 Å². The maximum Gasteiger partial charge on any atom is 0.261 e. The highest BCUT2D eigenvalue weighted by molar-refractivity contribution is 7.88. The SMILES string of the molecule is C[C@@H]1CN(S(C)(=O)=O)CCN1Cc1cc2c(=O)n(C)cc(-c3ccncc3OC3COC3)c2o1. The molecule has 0 unspecified atom stereocenters. The number of nitrogens with zero attached hydrogens (tertiary/aromatic N) is 4. The maximum absolute atomic E-state index is 12.9. The maximum atomic E-state index is 12.9. The van der Waals surface area contributed by atoms with Crippen LogP contribution in [0, 0.1) is 0 Å². The number of piperazine rings is 1. The first kappa shape index (κ1) is 23.0. The zero-order chi connectivity index (χ0) is 24.0. The number of rotatable bonds is 6. The molecule has 2 fully saturated rings. The van der Waals surface area contributed by atoms with E-state index < -0.39 is 10.0 Å². The third kappa shape index (κ3) is 4.36. The summed E-state index contributed by atoms with van der Waals surface area (Å²) in [6.45, 7) is 4.99. The Balaban J connectivity index is 1.48. The van der Waals surface area contributed by atoms with Crippen LogP contribution in [0.2, 0.25) is 0 Å². The van der Waals surface area contributed by atoms with Crippen molar-refractivity contribution in [3.8, 4) is 16.9 Å². The van der Waals surface area contributed by atoms with Crippen LogP contribution in [-0.4, -0.2) is 78.4 Å². The predicted molar refractivity (Wildman–Crippen MR) is 126 cm³/mol. The van der Waals surface area contributed by atoms with E-state index in [4.69, 9.17) is 13.9 Å². The van der Waals surface area contributed by atoms with Gasteiger partial charge in [-0.25, -0.2) is 8.42 Å². The van der Waals surface area contributed by atoms with Crippen LogP contribution in [0.1, 0.15) is 12.7 Å². The molecule has 0 bridgehead atoms. The zero-order valence-electron chi connectivity index (χ0n) is 19.4. The largest absolute Gasteiger partial charge is 0.483 e. The van der Waals surface area contributed by atoms with E-state index in [9.17, 15) is 13.2 Å². The molecule has 34 heavy (non-hydrogen) atoms. The van der Waals surface area contributed by atoms with Gasteiger partial charge in [0.15, 0.2) is 0 Å². The summed E-state index contributed by atoms with van der Waals surface area (Å²) in [6, 6.07) is 3.66. The highest BCUT2D eigenvalue weighted by Gasteiger charge is 2.30. The zero-order valence-corrected chi connectivity index (χ0v) is 20.2. The van der Waals surface area contributed by atoms with Crippen LogP contribution in [0.25, 0.3) is 22.1 Å². The van der Waals surface area contributed by atoms with E-state index in [0.29, 0.717) is 61.9 Å². The highest BCUT2D eigenvalue weighted by atomic mass is 32.2. The standard InChI is InChI=1S/C23H28N4O6S/c1-15-10-27(34(3,29)30)7-6-26(15)11-16-8-19-22(33-16)20(12-25(2)23(19)28)18-4-5-24-9-21(18)32-17-13-31-14-17/h4-5,8-9,12,15,17H,6-7,10-11,13-14H2,1-3H3/t15-/m1/s1. The third-order valence-electron chi connectivity index (χ3n) is 6.43. The van der Waals surface area contributed by atoms with Gasteiger partial charge >= 0.3 is 0 Å². The van der Waals surface area contributed by atoms with Crippen molar-refractivity contribution in [3.05, 3.63) is 46.8 Å². The molecule has 11 heteroatoms. The smallest absolute Gasteiger partial charge is 0.261 e. The Hall–Kier alpha value is -2.73. The number of hydrogen-bond donors (Lipinski definition) is 0. The molecular weight excluding hydrogens is 460 g/mol. The van der Waals surface area contributed by atoms with Crippen molar-refractivity contribution in [2.45, 2.75) is 25.6 Å². The minimum atomic E-state index is -3.22. The third-order valence-corrected chi connectivity index (χ3v) is 7.70. The summed E-state index contributed by atoms with van der Waals surface area (Å²) in [5.41, 5.74) is 1.89. The Morgan fingerprint density at radius 3 is 2.71 bits per heavy atom. The minimum Gasteiger partial charge on any atom is -0.483 e. The van der Waals surface area contributed by atoms with E-state index in [1.54, 1.807) is 36.3 Å². The lowest BCUT2D eigenvalue weighted by atomic mass is 10.1. The van der Waals surface area contributed by atoms with Crippen molar-refractivity contribution in [3.63, 3.8) is 0 Å². The van der Waals surface area contributed by atoms with E-state index in [1.807, 2.05) is 13.0 Å². The minimum absolute atomic E-state index is 0.0175. The Bertz CT molecular complexity index is 1380. The fraction of sp³-hybridized carbons (Fsp3) is 0.478. The second-order valence-electron chi connectivity index (χ2n) is 9.00. The van der Waals surface area contributed by atoms with Gasteiger partial charge in [-0.15, -0.1) is 0 Å². The molecule has 0 saturated carbocycles. The fourth-order valence-corrected chi connectivity index (χ4v) is 5.33. The van der Waals surface area contributed by atoms with Crippen molar-refractivity contribution in [2.75, 3.05) is 39.1 Å². The summed E-state index contributed by atoms with van der Waals surface area (Å²) in [6.07, 6.45) is 6.32. The first-order valence-corrected chi connectivity index (χ1v) is 13.1. The molecule has 10 nitrogen and oxygen atoms in total. The molecule has 3 aromatic rings. The Kier molecular flexibility index (Phi) is 5.96. The van der Waals surface area contributed by atoms with E-state index >= 15 is 0 Å². The van der Waals surface area contributed by atoms with Gasteiger partial charge in [0.2, 0.25) is 10.0 Å². The topological polar surface area (TPSA) is 107 Å². The van der Waals surface area contributed by atoms with Crippen LogP contribution >= 0.6 is 0 Å². The molecule has 182 valence electrons. The predicted octanol–water partition coefficient (Wildman–Crippen LogP) is 1.44. The van der Waals surface area contributed by atoms with E-state index in [0.717, 1.165) is 11.1 Å². The molecule has 0 aromatic carbocycles. The van der Waals surface area contributed by atoms with Gasteiger partial charge < -0.3 is 18.5 Å². The van der Waals surface area contributed by atoms with Gasteiger partial charge in [0.25, 0.3) is 5.56 Å². The van der Waals surface area contributed by atoms with Gasteiger partial charge in [-0.2, -0.15) is 4.31 Å². The Morgan fingerprint density at radius 2 is 2.03 bits per heavy atom. The van der Waals surface area contributed by atoms with Crippen molar-refractivity contribution in [1.82, 2.24) is 18.8 Å². The number of furan rings is 1. The Labute approximate surface area is 197 Å². The lowest BCUT2D eigenvalue weighted by Gasteiger charge is -2.38. The molecule has 0 radical (unpaired) electrons. The molecule has 2 aliphatic rings. The summed E-state index contributed by atoms with van der Waals surface area (Å²) in [5, 5.41) is 0.493. The van der Waals surface area contributed by atoms with Crippen molar-refractivity contribution in [1.29, 1.82) is 0 Å². The summed E-state index contributed by atoms with van der Waals surface area (Å²) < 4.78 is 44.4. The van der Waals surface area contributed by atoms with Gasteiger partial charge in [0, 0.05) is 56.2 Å². The molecule has 0 amide bonds. The van der Waals surface area contributed by atoms with Crippen LogP contribution < -0.4 is 10.3 Å². The summed E-state index contributed by atoms with van der Waals surface area (Å²) in [5.74, 6) is 1.27. The molecule has 5 heterocycles. The number of fused-ring (bicyclic) bond motifs is 1. The number of pyridine rings is 2. The second-order valence-corrected chi connectivity index (χ2v) is 11.0. The number of ether oxygens (including phenoxy) is 2. The Morgan fingerprint density at radius 1 is 1.24 bits per heavy atom. The number of aryl methyl sites for hydroxylation is 1. The molecule has 3 aromatic heterocycles. The molecule has 1 atom stereocenters. The molecule has 2 aliphatic heterocycles. The molecule has 0 N–H and O–H groups in total. The van der Waals surface area contributed by atoms with Crippen molar-refractivity contribution in [2.24, 2.45) is 7.05 Å². The first-order valence-electron chi connectivity index (χ1n) is 11.2. The van der Waals surface area contributed by atoms with Crippen molar-refractivity contribution < 1.29 is 22.3 Å². The van der Waals surface area contributed by atoms with Crippen molar-refractivity contribution >= 4 is 21.0 Å². The molecular formula is C23H28N4O6S. The first-order chi connectivity index (χ1) is 16.2. The molecule has 0 spiro atoms. The van der Waals surface area contributed by atoms with Crippen LogP contribution in [-0.2, 0) is 28.4 Å².